The van der Waals surface area contributed by atoms with Gasteiger partial charge in [0.1, 0.15) is 11.8 Å². The van der Waals surface area contributed by atoms with Crippen molar-refractivity contribution in [3.05, 3.63) is 29.3 Å². The van der Waals surface area contributed by atoms with Crippen molar-refractivity contribution in [2.24, 2.45) is 5.73 Å². The van der Waals surface area contributed by atoms with E-state index in [1.54, 1.807) is 18.2 Å². The summed E-state index contributed by atoms with van der Waals surface area (Å²) >= 11 is 0. The zero-order valence-electron chi connectivity index (χ0n) is 8.90. The minimum absolute atomic E-state index is 0.0311. The number of rotatable bonds is 4. The average Bonchev–Trinajstić information content (AvgIpc) is 2.26. The minimum Gasteiger partial charge on any atom is -0.506 e. The number of hydrogen-bond donors (Lipinski definition) is 2. The van der Waals surface area contributed by atoms with Gasteiger partial charge in [-0.05, 0) is 12.5 Å². The fourth-order valence-corrected chi connectivity index (χ4v) is 1.53. The van der Waals surface area contributed by atoms with Crippen LogP contribution in [0, 0.1) is 11.3 Å². The van der Waals surface area contributed by atoms with Crippen LogP contribution in [0.5, 0.6) is 5.75 Å². The first-order valence-corrected chi connectivity index (χ1v) is 5.18. The normalized spacial score (nSPS) is 12.1. The van der Waals surface area contributed by atoms with E-state index < -0.39 is 0 Å². The second-order valence-electron chi connectivity index (χ2n) is 3.60. The summed E-state index contributed by atoms with van der Waals surface area (Å²) in [4.78, 5) is 0. The van der Waals surface area contributed by atoms with Gasteiger partial charge in [-0.15, -0.1) is 0 Å². The molecule has 80 valence electrons. The van der Waals surface area contributed by atoms with E-state index in [4.69, 9.17) is 11.0 Å². The lowest BCUT2D eigenvalue weighted by Gasteiger charge is -2.13. The molecule has 0 bridgehead atoms. The van der Waals surface area contributed by atoms with Gasteiger partial charge in [0.15, 0.2) is 0 Å². The number of phenolic OH excluding ortho intramolecular Hbond substituents is 1. The number of aromatic hydroxyl groups is 1. The van der Waals surface area contributed by atoms with Crippen molar-refractivity contribution in [3.8, 4) is 11.8 Å². The lowest BCUT2D eigenvalue weighted by atomic mass is 9.99. The number of para-hydroxylation sites is 1. The lowest BCUT2D eigenvalue weighted by Crippen LogP contribution is -2.10. The highest BCUT2D eigenvalue weighted by Gasteiger charge is 2.12. The van der Waals surface area contributed by atoms with E-state index in [9.17, 15) is 5.11 Å². The van der Waals surface area contributed by atoms with Gasteiger partial charge in [0.25, 0.3) is 0 Å². The van der Waals surface area contributed by atoms with Crippen LogP contribution in [0.1, 0.15) is 43.4 Å². The highest BCUT2D eigenvalue weighted by atomic mass is 16.3. The maximum absolute atomic E-state index is 9.76. The molecule has 1 aromatic rings. The van der Waals surface area contributed by atoms with Gasteiger partial charge in [-0.1, -0.05) is 31.9 Å². The molecule has 0 spiro atoms. The summed E-state index contributed by atoms with van der Waals surface area (Å²) < 4.78 is 0. The zero-order chi connectivity index (χ0) is 11.3. The van der Waals surface area contributed by atoms with Gasteiger partial charge in [-0.3, -0.25) is 0 Å². The predicted octanol–water partition coefficient (Wildman–Crippen LogP) is 2.45. The molecule has 0 saturated carbocycles. The molecule has 1 unspecified atom stereocenters. The molecule has 0 aromatic heterocycles. The van der Waals surface area contributed by atoms with Crippen molar-refractivity contribution >= 4 is 0 Å². The van der Waals surface area contributed by atoms with Crippen LogP contribution in [0.3, 0.4) is 0 Å². The van der Waals surface area contributed by atoms with Crippen LogP contribution in [0.2, 0.25) is 0 Å². The zero-order valence-corrected chi connectivity index (χ0v) is 8.90. The van der Waals surface area contributed by atoms with Crippen molar-refractivity contribution in [1.82, 2.24) is 0 Å². The Morgan fingerprint density at radius 2 is 2.27 bits per heavy atom. The molecule has 0 heterocycles. The first-order chi connectivity index (χ1) is 7.20. The van der Waals surface area contributed by atoms with E-state index in [0.29, 0.717) is 11.1 Å². The molecule has 0 aliphatic rings. The number of nitrogens with zero attached hydrogens (tertiary/aromatic N) is 1. The van der Waals surface area contributed by atoms with Crippen LogP contribution < -0.4 is 5.73 Å². The Kier molecular flexibility index (Phi) is 4.14. The van der Waals surface area contributed by atoms with Crippen molar-refractivity contribution < 1.29 is 5.11 Å². The van der Waals surface area contributed by atoms with Crippen LogP contribution in [0.25, 0.3) is 0 Å². The summed E-state index contributed by atoms with van der Waals surface area (Å²) in [5, 5.41) is 18.5. The van der Waals surface area contributed by atoms with Crippen LogP contribution >= 0.6 is 0 Å². The molecule has 0 fully saturated rings. The monoisotopic (exact) mass is 204 g/mol. The Balaban J connectivity index is 2.90. The third-order valence-corrected chi connectivity index (χ3v) is 2.46. The Hall–Kier alpha value is -1.53. The number of nitriles is 1. The van der Waals surface area contributed by atoms with Gasteiger partial charge in [0, 0.05) is 11.6 Å². The van der Waals surface area contributed by atoms with E-state index in [0.717, 1.165) is 19.3 Å². The molecule has 1 atom stereocenters. The molecule has 0 aliphatic carbocycles. The maximum atomic E-state index is 9.76. The average molecular weight is 204 g/mol. The summed E-state index contributed by atoms with van der Waals surface area (Å²) in [6.45, 7) is 2.10. The highest BCUT2D eigenvalue weighted by Crippen LogP contribution is 2.28. The van der Waals surface area contributed by atoms with Gasteiger partial charge in [0.2, 0.25) is 0 Å². The molecule has 0 aliphatic heterocycles. The van der Waals surface area contributed by atoms with Crippen LogP contribution in [0.4, 0.5) is 0 Å². The largest absolute Gasteiger partial charge is 0.506 e. The quantitative estimate of drug-likeness (QED) is 0.791. The van der Waals surface area contributed by atoms with Crippen molar-refractivity contribution in [2.75, 3.05) is 0 Å². The van der Waals surface area contributed by atoms with Gasteiger partial charge in [-0.25, -0.2) is 0 Å². The number of benzene rings is 1. The van der Waals surface area contributed by atoms with Crippen molar-refractivity contribution in [3.63, 3.8) is 0 Å². The molecule has 1 rings (SSSR count). The molecule has 15 heavy (non-hydrogen) atoms. The van der Waals surface area contributed by atoms with E-state index in [1.807, 2.05) is 6.07 Å². The van der Waals surface area contributed by atoms with E-state index in [-0.39, 0.29) is 11.8 Å². The van der Waals surface area contributed by atoms with Crippen molar-refractivity contribution in [2.45, 2.75) is 32.2 Å². The number of unbranched alkanes of at least 4 members (excludes halogenated alkanes) is 1. The molecule has 1 aromatic carbocycles. The summed E-state index contributed by atoms with van der Waals surface area (Å²) in [5.41, 5.74) is 6.90. The summed E-state index contributed by atoms with van der Waals surface area (Å²) in [6, 6.07) is 6.87. The van der Waals surface area contributed by atoms with Crippen LogP contribution in [0.15, 0.2) is 18.2 Å². The molecule has 3 heteroatoms. The fraction of sp³-hybridized carbons (Fsp3) is 0.417. The Morgan fingerprint density at radius 3 is 2.87 bits per heavy atom. The second kappa shape index (κ2) is 5.38. The van der Waals surface area contributed by atoms with Gasteiger partial charge in [-0.2, -0.15) is 5.26 Å². The number of hydrogen-bond acceptors (Lipinski definition) is 3. The van der Waals surface area contributed by atoms with Gasteiger partial charge >= 0.3 is 0 Å². The summed E-state index contributed by atoms with van der Waals surface area (Å²) in [5.74, 6) is 0.0311. The molecular formula is C12H16N2O. The van der Waals surface area contributed by atoms with Crippen LogP contribution in [-0.2, 0) is 0 Å². The first kappa shape index (κ1) is 11.5. The Labute approximate surface area is 90.1 Å². The fourth-order valence-electron chi connectivity index (χ4n) is 1.53. The minimum atomic E-state index is -0.182. The number of phenols is 1. The van der Waals surface area contributed by atoms with Gasteiger partial charge < -0.3 is 10.8 Å². The molecule has 3 nitrogen and oxygen atoms in total. The van der Waals surface area contributed by atoms with Crippen molar-refractivity contribution in [1.29, 1.82) is 5.26 Å². The van der Waals surface area contributed by atoms with E-state index in [2.05, 4.69) is 6.92 Å². The first-order valence-electron chi connectivity index (χ1n) is 5.18. The van der Waals surface area contributed by atoms with Crippen LogP contribution in [-0.4, -0.2) is 5.11 Å². The smallest absolute Gasteiger partial charge is 0.138 e. The second-order valence-corrected chi connectivity index (χ2v) is 3.60. The molecule has 3 N–H and O–H groups in total. The molecule has 0 radical (unpaired) electrons. The third-order valence-electron chi connectivity index (χ3n) is 2.46. The van der Waals surface area contributed by atoms with E-state index >= 15 is 0 Å². The lowest BCUT2D eigenvalue weighted by molar-refractivity contribution is 0.455. The molecule has 0 saturated heterocycles. The Bertz CT molecular complexity index is 368. The molecular weight excluding hydrogens is 188 g/mol. The summed E-state index contributed by atoms with van der Waals surface area (Å²) in [6.07, 6.45) is 2.93. The standard InChI is InChI=1S/C12H16N2O/c1-2-3-7-11(14)10-6-4-5-9(8-13)12(10)15/h4-6,11,15H,2-3,7,14H2,1H3. The SMILES string of the molecule is CCCCC(N)c1cccc(C#N)c1O. The maximum Gasteiger partial charge on any atom is 0.138 e. The van der Waals surface area contributed by atoms with E-state index in [1.165, 1.54) is 0 Å². The third kappa shape index (κ3) is 2.71. The predicted molar refractivity (Wildman–Crippen MR) is 59.3 cm³/mol. The highest BCUT2D eigenvalue weighted by molar-refractivity contribution is 5.48. The summed E-state index contributed by atoms with van der Waals surface area (Å²) in [7, 11) is 0. The Morgan fingerprint density at radius 1 is 1.53 bits per heavy atom. The topological polar surface area (TPSA) is 70.0 Å². The number of nitrogens with two attached hydrogens (primary N) is 1. The van der Waals surface area contributed by atoms with Gasteiger partial charge in [0.05, 0.1) is 5.56 Å². The molecule has 0 amide bonds.